The predicted molar refractivity (Wildman–Crippen MR) is 99.1 cm³/mol. The van der Waals surface area contributed by atoms with Gasteiger partial charge in [-0.1, -0.05) is 26.0 Å². The van der Waals surface area contributed by atoms with Gasteiger partial charge in [0, 0.05) is 14.4 Å². The van der Waals surface area contributed by atoms with Gasteiger partial charge in [-0.2, -0.15) is 0 Å². The van der Waals surface area contributed by atoms with Crippen molar-refractivity contribution in [3.63, 3.8) is 0 Å². The van der Waals surface area contributed by atoms with Gasteiger partial charge < -0.3 is 10.2 Å². The molecule has 0 fully saturated rings. The fraction of sp³-hybridized carbons (Fsp3) is 0.200. The third kappa shape index (κ3) is 3.05. The highest BCUT2D eigenvalue weighted by atomic mass is 79.9. The summed E-state index contributed by atoms with van der Waals surface area (Å²) in [5, 5.41) is 19.5. The first-order chi connectivity index (χ1) is 9.67. The Hall–Kier alpha value is -0.0400. The van der Waals surface area contributed by atoms with Gasteiger partial charge in [0.15, 0.2) is 0 Å². The molecule has 0 aromatic heterocycles. The SMILES string of the molecule is CC(C)(c1ccc(O)c(Br)c1Br)c1ccc(O)c(Br)c1Br. The third-order valence-electron chi connectivity index (χ3n) is 3.47. The monoisotopic (exact) mass is 540 g/mol. The quantitative estimate of drug-likeness (QED) is 0.456. The van der Waals surface area contributed by atoms with Crippen molar-refractivity contribution in [1.29, 1.82) is 0 Å². The van der Waals surface area contributed by atoms with Gasteiger partial charge in [0.25, 0.3) is 0 Å². The van der Waals surface area contributed by atoms with Crippen LogP contribution >= 0.6 is 63.7 Å². The van der Waals surface area contributed by atoms with E-state index >= 15 is 0 Å². The highest BCUT2D eigenvalue weighted by molar-refractivity contribution is 9.13. The zero-order valence-electron chi connectivity index (χ0n) is 11.2. The maximum Gasteiger partial charge on any atom is 0.130 e. The maximum atomic E-state index is 9.77. The molecule has 0 aliphatic carbocycles. The molecule has 2 N–H and O–H groups in total. The zero-order valence-corrected chi connectivity index (χ0v) is 17.6. The molecule has 0 saturated carbocycles. The van der Waals surface area contributed by atoms with Crippen molar-refractivity contribution in [2.75, 3.05) is 0 Å². The Labute approximate surface area is 157 Å². The molecule has 0 bridgehead atoms. The normalized spacial score (nSPS) is 11.7. The Morgan fingerprint density at radius 3 is 1.33 bits per heavy atom. The predicted octanol–water partition coefficient (Wildman–Crippen LogP) is 6.47. The molecule has 0 radical (unpaired) electrons. The first kappa shape index (κ1) is 17.3. The Morgan fingerprint density at radius 1 is 0.667 bits per heavy atom. The number of phenols is 2. The molecule has 6 heteroatoms. The topological polar surface area (TPSA) is 40.5 Å². The molecule has 0 atom stereocenters. The van der Waals surface area contributed by atoms with Gasteiger partial charge in [0.05, 0.1) is 8.95 Å². The molecule has 2 nitrogen and oxygen atoms in total. The van der Waals surface area contributed by atoms with Crippen molar-refractivity contribution in [2.24, 2.45) is 0 Å². The minimum absolute atomic E-state index is 0.187. The van der Waals surface area contributed by atoms with Crippen LogP contribution in [0.4, 0.5) is 0 Å². The van der Waals surface area contributed by atoms with Gasteiger partial charge in [-0.25, -0.2) is 0 Å². The molecule has 0 heterocycles. The summed E-state index contributed by atoms with van der Waals surface area (Å²) in [7, 11) is 0. The summed E-state index contributed by atoms with van der Waals surface area (Å²) in [6.07, 6.45) is 0. The van der Waals surface area contributed by atoms with Crippen LogP contribution in [0.5, 0.6) is 11.5 Å². The summed E-state index contributed by atoms with van der Waals surface area (Å²) < 4.78 is 2.87. The Morgan fingerprint density at radius 2 is 1.00 bits per heavy atom. The number of hydrogen-bond donors (Lipinski definition) is 2. The molecule has 0 unspecified atom stereocenters. The lowest BCUT2D eigenvalue weighted by molar-refractivity contribution is 0.469. The average Bonchev–Trinajstić information content (AvgIpc) is 2.41. The summed E-state index contributed by atoms with van der Waals surface area (Å²) in [4.78, 5) is 0. The molecule has 0 aliphatic rings. The van der Waals surface area contributed by atoms with Crippen molar-refractivity contribution < 1.29 is 10.2 Å². The standard InChI is InChI=1S/C15H12Br4O2/c1-15(2,7-3-5-9(20)13(18)11(7)16)8-4-6-10(21)14(19)12(8)17/h3-6,20-21H,1-2H3. The van der Waals surface area contributed by atoms with E-state index in [9.17, 15) is 10.2 Å². The van der Waals surface area contributed by atoms with E-state index in [1.807, 2.05) is 12.1 Å². The van der Waals surface area contributed by atoms with Gasteiger partial charge in [-0.05, 0) is 87.0 Å². The van der Waals surface area contributed by atoms with Crippen LogP contribution in [0.1, 0.15) is 25.0 Å². The highest BCUT2D eigenvalue weighted by Gasteiger charge is 2.30. The minimum Gasteiger partial charge on any atom is -0.507 e. The molecule has 0 saturated heterocycles. The van der Waals surface area contributed by atoms with E-state index in [0.29, 0.717) is 8.95 Å². The lowest BCUT2D eigenvalue weighted by atomic mass is 9.78. The molecular formula is C15H12Br4O2. The smallest absolute Gasteiger partial charge is 0.130 e. The Kier molecular flexibility index (Phi) is 5.13. The van der Waals surface area contributed by atoms with Crippen LogP contribution in [0, 0.1) is 0 Å². The Balaban J connectivity index is 2.68. The summed E-state index contributed by atoms with van der Waals surface area (Å²) in [5.74, 6) is 0.375. The zero-order chi connectivity index (χ0) is 15.9. The van der Waals surface area contributed by atoms with E-state index in [0.717, 1.165) is 20.1 Å². The van der Waals surface area contributed by atoms with Crippen LogP contribution in [-0.2, 0) is 5.41 Å². The number of aromatic hydroxyl groups is 2. The van der Waals surface area contributed by atoms with Crippen LogP contribution in [0.25, 0.3) is 0 Å². The molecule has 0 spiro atoms. The number of phenolic OH excluding ortho intramolecular Hbond substituents is 2. The fourth-order valence-electron chi connectivity index (χ4n) is 2.19. The molecular weight excluding hydrogens is 532 g/mol. The number of benzene rings is 2. The number of rotatable bonds is 2. The van der Waals surface area contributed by atoms with E-state index in [-0.39, 0.29) is 16.9 Å². The second-order valence-electron chi connectivity index (χ2n) is 5.15. The number of halogens is 4. The molecule has 21 heavy (non-hydrogen) atoms. The maximum absolute atomic E-state index is 9.77. The van der Waals surface area contributed by atoms with Gasteiger partial charge in [0.1, 0.15) is 11.5 Å². The van der Waals surface area contributed by atoms with Gasteiger partial charge in [-0.15, -0.1) is 0 Å². The fourth-order valence-corrected chi connectivity index (χ4v) is 4.54. The summed E-state index contributed by atoms with van der Waals surface area (Å²) in [5.41, 5.74) is 1.69. The van der Waals surface area contributed by atoms with Crippen LogP contribution < -0.4 is 0 Å². The van der Waals surface area contributed by atoms with E-state index in [1.165, 1.54) is 0 Å². The van der Waals surface area contributed by atoms with Gasteiger partial charge in [0.2, 0.25) is 0 Å². The lowest BCUT2D eigenvalue weighted by Crippen LogP contribution is -2.20. The first-order valence-electron chi connectivity index (χ1n) is 6.02. The summed E-state index contributed by atoms with van der Waals surface area (Å²) in [6, 6.07) is 7.10. The van der Waals surface area contributed by atoms with Crippen molar-refractivity contribution in [2.45, 2.75) is 19.3 Å². The molecule has 0 amide bonds. The average molecular weight is 544 g/mol. The van der Waals surface area contributed by atoms with E-state index in [1.54, 1.807) is 12.1 Å². The highest BCUT2D eigenvalue weighted by Crippen LogP contribution is 2.46. The molecule has 0 aliphatic heterocycles. The van der Waals surface area contributed by atoms with Gasteiger partial charge >= 0.3 is 0 Å². The van der Waals surface area contributed by atoms with Crippen molar-refractivity contribution in [1.82, 2.24) is 0 Å². The Bertz CT molecular complexity index is 652. The summed E-state index contributed by atoms with van der Waals surface area (Å²) >= 11 is 13.8. The van der Waals surface area contributed by atoms with Crippen LogP contribution in [0.2, 0.25) is 0 Å². The second kappa shape index (κ2) is 6.22. The molecule has 2 rings (SSSR count). The largest absolute Gasteiger partial charge is 0.507 e. The van der Waals surface area contributed by atoms with Crippen LogP contribution in [-0.4, -0.2) is 10.2 Å². The van der Waals surface area contributed by atoms with Crippen molar-refractivity contribution >= 4 is 63.7 Å². The van der Waals surface area contributed by atoms with Crippen LogP contribution in [0.15, 0.2) is 42.2 Å². The van der Waals surface area contributed by atoms with E-state index < -0.39 is 0 Å². The van der Waals surface area contributed by atoms with Crippen LogP contribution in [0.3, 0.4) is 0 Å². The lowest BCUT2D eigenvalue weighted by Gasteiger charge is -2.29. The van der Waals surface area contributed by atoms with E-state index in [2.05, 4.69) is 77.6 Å². The number of hydrogen-bond acceptors (Lipinski definition) is 2. The van der Waals surface area contributed by atoms with Crippen molar-refractivity contribution in [3.8, 4) is 11.5 Å². The van der Waals surface area contributed by atoms with Crippen molar-refractivity contribution in [3.05, 3.63) is 53.3 Å². The van der Waals surface area contributed by atoms with Gasteiger partial charge in [-0.3, -0.25) is 0 Å². The molecule has 2 aromatic rings. The first-order valence-corrected chi connectivity index (χ1v) is 9.20. The molecule has 112 valence electrons. The minimum atomic E-state index is -0.343. The van der Waals surface area contributed by atoms with E-state index in [4.69, 9.17) is 0 Å². The third-order valence-corrected chi connectivity index (χ3v) is 7.79. The molecule has 2 aromatic carbocycles. The second-order valence-corrected chi connectivity index (χ2v) is 8.32. The summed E-state index contributed by atoms with van der Waals surface area (Å²) in [6.45, 7) is 4.17.